The summed E-state index contributed by atoms with van der Waals surface area (Å²) in [5, 5.41) is 9.27. The molecule has 80 valence electrons. The molecule has 0 unspecified atom stereocenters. The second-order valence-corrected chi connectivity index (χ2v) is 6.35. The lowest BCUT2D eigenvalue weighted by atomic mass is 10.3. The van der Waals surface area contributed by atoms with Crippen molar-refractivity contribution in [3.63, 3.8) is 0 Å². The minimum absolute atomic E-state index is 0.138. The lowest BCUT2D eigenvalue weighted by Crippen LogP contribution is -2.05. The highest BCUT2D eigenvalue weighted by molar-refractivity contribution is 8.00. The zero-order valence-electron chi connectivity index (χ0n) is 8.17. The SMILES string of the molecule is CS(=O)(=O)CCSc1ccc(C#N)cn1. The van der Waals surface area contributed by atoms with Crippen LogP contribution in [-0.2, 0) is 9.84 Å². The number of sulfone groups is 1. The molecule has 0 aromatic carbocycles. The summed E-state index contributed by atoms with van der Waals surface area (Å²) < 4.78 is 21.7. The van der Waals surface area contributed by atoms with Crippen LogP contribution in [0.15, 0.2) is 23.4 Å². The van der Waals surface area contributed by atoms with E-state index in [1.54, 1.807) is 12.1 Å². The first kappa shape index (κ1) is 12.0. The first-order valence-corrected chi connectivity index (χ1v) is 7.22. The van der Waals surface area contributed by atoms with Crippen LogP contribution in [0.5, 0.6) is 0 Å². The van der Waals surface area contributed by atoms with Gasteiger partial charge in [0.15, 0.2) is 0 Å². The number of pyridine rings is 1. The van der Waals surface area contributed by atoms with E-state index in [1.807, 2.05) is 6.07 Å². The van der Waals surface area contributed by atoms with Gasteiger partial charge in [0.1, 0.15) is 15.9 Å². The Balaban J connectivity index is 2.49. The van der Waals surface area contributed by atoms with Crippen LogP contribution >= 0.6 is 11.8 Å². The molecule has 0 bridgehead atoms. The summed E-state index contributed by atoms with van der Waals surface area (Å²) in [5.41, 5.74) is 0.502. The van der Waals surface area contributed by atoms with Crippen molar-refractivity contribution in [3.05, 3.63) is 23.9 Å². The van der Waals surface area contributed by atoms with Crippen molar-refractivity contribution in [2.75, 3.05) is 17.8 Å². The Labute approximate surface area is 93.3 Å². The second-order valence-electron chi connectivity index (χ2n) is 2.98. The molecule has 1 rings (SSSR count). The number of nitriles is 1. The summed E-state index contributed by atoms with van der Waals surface area (Å²) in [6, 6.07) is 5.34. The summed E-state index contributed by atoms with van der Waals surface area (Å²) in [7, 11) is -2.91. The lowest BCUT2D eigenvalue weighted by Gasteiger charge is -1.99. The van der Waals surface area contributed by atoms with Gasteiger partial charge in [0.05, 0.1) is 16.3 Å². The molecule has 15 heavy (non-hydrogen) atoms. The van der Waals surface area contributed by atoms with E-state index < -0.39 is 9.84 Å². The Morgan fingerprint density at radius 2 is 2.27 bits per heavy atom. The predicted molar refractivity (Wildman–Crippen MR) is 59.4 cm³/mol. The Morgan fingerprint density at radius 3 is 2.73 bits per heavy atom. The molecule has 1 heterocycles. The molecule has 6 heteroatoms. The van der Waals surface area contributed by atoms with Gasteiger partial charge in [0.2, 0.25) is 0 Å². The number of rotatable bonds is 4. The second kappa shape index (κ2) is 5.14. The van der Waals surface area contributed by atoms with E-state index in [0.717, 1.165) is 5.03 Å². The fourth-order valence-electron chi connectivity index (χ4n) is 0.829. The van der Waals surface area contributed by atoms with Crippen LogP contribution in [0.25, 0.3) is 0 Å². The van der Waals surface area contributed by atoms with Crippen LogP contribution in [0.2, 0.25) is 0 Å². The van der Waals surface area contributed by atoms with E-state index in [1.165, 1.54) is 24.2 Å². The van der Waals surface area contributed by atoms with E-state index in [4.69, 9.17) is 5.26 Å². The average molecular weight is 242 g/mol. The van der Waals surface area contributed by atoms with Gasteiger partial charge in [0.25, 0.3) is 0 Å². The van der Waals surface area contributed by atoms with E-state index >= 15 is 0 Å². The maximum atomic E-state index is 10.8. The molecule has 1 aromatic rings. The van der Waals surface area contributed by atoms with Crippen molar-refractivity contribution < 1.29 is 8.42 Å². The summed E-state index contributed by atoms with van der Waals surface area (Å²) >= 11 is 1.37. The molecule has 0 amide bonds. The molecule has 1 aromatic heterocycles. The van der Waals surface area contributed by atoms with Crippen molar-refractivity contribution in [2.24, 2.45) is 0 Å². The maximum Gasteiger partial charge on any atom is 0.148 e. The number of thioether (sulfide) groups is 1. The Morgan fingerprint density at radius 1 is 1.53 bits per heavy atom. The molecule has 0 aliphatic carbocycles. The standard InChI is InChI=1S/C9H10N2O2S2/c1-15(12,13)5-4-14-9-3-2-8(6-10)7-11-9/h2-3,7H,4-5H2,1H3. The molecule has 0 saturated heterocycles. The third-order valence-corrected chi connectivity index (χ3v) is 3.72. The van der Waals surface area contributed by atoms with Gasteiger partial charge in [-0.3, -0.25) is 0 Å². The Kier molecular flexibility index (Phi) is 4.12. The number of aromatic nitrogens is 1. The van der Waals surface area contributed by atoms with Gasteiger partial charge in [-0.2, -0.15) is 5.26 Å². The van der Waals surface area contributed by atoms with Crippen LogP contribution in [-0.4, -0.2) is 31.2 Å². The Bertz CT molecular complexity index is 460. The molecule has 4 nitrogen and oxygen atoms in total. The van der Waals surface area contributed by atoms with Gasteiger partial charge in [0, 0.05) is 18.2 Å². The zero-order valence-corrected chi connectivity index (χ0v) is 9.81. The van der Waals surface area contributed by atoms with E-state index in [-0.39, 0.29) is 5.75 Å². The van der Waals surface area contributed by atoms with Crippen LogP contribution in [0, 0.1) is 11.3 Å². The minimum Gasteiger partial charge on any atom is -0.249 e. The normalized spacial score (nSPS) is 10.9. The lowest BCUT2D eigenvalue weighted by molar-refractivity contribution is 0.603. The molecular weight excluding hydrogens is 232 g/mol. The van der Waals surface area contributed by atoms with Crippen LogP contribution in [0.4, 0.5) is 0 Å². The number of hydrogen-bond acceptors (Lipinski definition) is 5. The average Bonchev–Trinajstić information content (AvgIpc) is 2.17. The first-order chi connectivity index (χ1) is 7.01. The molecule has 0 N–H and O–H groups in total. The minimum atomic E-state index is -2.91. The van der Waals surface area contributed by atoms with Crippen molar-refractivity contribution in [1.29, 1.82) is 5.26 Å². The topological polar surface area (TPSA) is 70.8 Å². The van der Waals surface area contributed by atoms with E-state index in [0.29, 0.717) is 11.3 Å². The number of hydrogen-bond donors (Lipinski definition) is 0. The molecule has 0 spiro atoms. The first-order valence-electron chi connectivity index (χ1n) is 4.18. The van der Waals surface area contributed by atoms with Gasteiger partial charge < -0.3 is 0 Å². The van der Waals surface area contributed by atoms with Gasteiger partial charge in [-0.05, 0) is 12.1 Å². The molecule has 0 radical (unpaired) electrons. The van der Waals surface area contributed by atoms with Gasteiger partial charge in [-0.1, -0.05) is 0 Å². The fraction of sp³-hybridized carbons (Fsp3) is 0.333. The maximum absolute atomic E-state index is 10.8. The summed E-state index contributed by atoms with van der Waals surface area (Å²) in [4.78, 5) is 4.01. The monoisotopic (exact) mass is 242 g/mol. The fourth-order valence-corrected chi connectivity index (χ4v) is 2.87. The van der Waals surface area contributed by atoms with E-state index in [9.17, 15) is 8.42 Å². The molecule has 0 aliphatic heterocycles. The summed E-state index contributed by atoms with van der Waals surface area (Å²) in [5.74, 6) is 0.622. The summed E-state index contributed by atoms with van der Waals surface area (Å²) in [6.45, 7) is 0. The van der Waals surface area contributed by atoms with Crippen molar-refractivity contribution in [1.82, 2.24) is 4.98 Å². The predicted octanol–water partition coefficient (Wildman–Crippen LogP) is 1.09. The van der Waals surface area contributed by atoms with Gasteiger partial charge in [-0.25, -0.2) is 13.4 Å². The van der Waals surface area contributed by atoms with E-state index in [2.05, 4.69) is 4.98 Å². The van der Waals surface area contributed by atoms with Crippen LogP contribution < -0.4 is 0 Å². The van der Waals surface area contributed by atoms with Gasteiger partial charge >= 0.3 is 0 Å². The van der Waals surface area contributed by atoms with Gasteiger partial charge in [-0.15, -0.1) is 11.8 Å². The third kappa shape index (κ3) is 4.81. The zero-order chi connectivity index (χ0) is 11.3. The summed E-state index contributed by atoms with van der Waals surface area (Å²) in [6.07, 6.45) is 2.68. The van der Waals surface area contributed by atoms with Crippen LogP contribution in [0.3, 0.4) is 0 Å². The van der Waals surface area contributed by atoms with Crippen molar-refractivity contribution in [3.8, 4) is 6.07 Å². The highest BCUT2D eigenvalue weighted by Crippen LogP contribution is 2.15. The molecular formula is C9H10N2O2S2. The third-order valence-electron chi connectivity index (χ3n) is 1.57. The molecule has 0 fully saturated rings. The highest BCUT2D eigenvalue weighted by atomic mass is 32.2. The quantitative estimate of drug-likeness (QED) is 0.739. The number of nitrogens with zero attached hydrogens (tertiary/aromatic N) is 2. The molecule has 0 aliphatic rings. The molecule has 0 atom stereocenters. The van der Waals surface area contributed by atoms with Crippen LogP contribution in [0.1, 0.15) is 5.56 Å². The van der Waals surface area contributed by atoms with Crippen molar-refractivity contribution >= 4 is 21.6 Å². The Hall–Kier alpha value is -1.06. The smallest absolute Gasteiger partial charge is 0.148 e. The highest BCUT2D eigenvalue weighted by Gasteiger charge is 2.03. The molecule has 0 saturated carbocycles. The largest absolute Gasteiger partial charge is 0.249 e. The van der Waals surface area contributed by atoms with Crippen molar-refractivity contribution in [2.45, 2.75) is 5.03 Å².